The lowest BCUT2D eigenvalue weighted by Gasteiger charge is -2.22. The quantitative estimate of drug-likeness (QED) is 0.738. The summed E-state index contributed by atoms with van der Waals surface area (Å²) in [5, 5.41) is 1.10. The van der Waals surface area contributed by atoms with Crippen LogP contribution in [-0.4, -0.2) is 14.5 Å². The van der Waals surface area contributed by atoms with Gasteiger partial charge in [0.15, 0.2) is 0 Å². The fraction of sp³-hybridized carbons (Fsp3) is 0.294. The molecule has 0 unspecified atom stereocenters. The smallest absolute Gasteiger partial charge is 0.132 e. The van der Waals surface area contributed by atoms with Crippen LogP contribution in [0.5, 0.6) is 0 Å². The molecule has 0 bridgehead atoms. The highest BCUT2D eigenvalue weighted by molar-refractivity contribution is 5.85. The highest BCUT2D eigenvalue weighted by Gasteiger charge is 2.19. The predicted octanol–water partition coefficient (Wildman–Crippen LogP) is 3.74. The summed E-state index contributed by atoms with van der Waals surface area (Å²) in [7, 11) is 0. The Bertz CT molecular complexity index is 809. The molecule has 2 heterocycles. The van der Waals surface area contributed by atoms with Crippen molar-refractivity contribution in [3.63, 3.8) is 0 Å². The molecule has 0 aliphatic heterocycles. The third-order valence-corrected chi connectivity index (χ3v) is 3.63. The highest BCUT2D eigenvalue weighted by atomic mass is 15.2. The van der Waals surface area contributed by atoms with Crippen LogP contribution in [0.4, 0.5) is 5.82 Å². The molecule has 2 N–H and O–H groups in total. The molecule has 21 heavy (non-hydrogen) atoms. The molecule has 0 amide bonds. The fourth-order valence-electron chi connectivity index (χ4n) is 2.49. The van der Waals surface area contributed by atoms with E-state index in [1.807, 2.05) is 36.0 Å². The Balaban J connectivity index is 2.13. The van der Waals surface area contributed by atoms with E-state index in [1.54, 1.807) is 0 Å². The minimum Gasteiger partial charge on any atom is -0.383 e. The standard InChI is InChI=1S/C17H20N4/c1-11-5-6-12-9-13(7-8-14(12)20-11)15-16(18)21(10-19-15)17(2,3)4/h5-10H,18H2,1-4H3. The first-order valence-corrected chi connectivity index (χ1v) is 7.07. The average molecular weight is 280 g/mol. The predicted molar refractivity (Wildman–Crippen MR) is 87.1 cm³/mol. The summed E-state index contributed by atoms with van der Waals surface area (Å²) in [6.07, 6.45) is 1.81. The molecule has 0 radical (unpaired) electrons. The number of hydrogen-bond donors (Lipinski definition) is 1. The molecule has 4 nitrogen and oxygen atoms in total. The Labute approximate surface area is 124 Å². The van der Waals surface area contributed by atoms with Crippen molar-refractivity contribution < 1.29 is 0 Å². The molecular formula is C17H20N4. The molecule has 0 spiro atoms. The summed E-state index contributed by atoms with van der Waals surface area (Å²) in [5.74, 6) is 0.696. The number of pyridine rings is 1. The van der Waals surface area contributed by atoms with Gasteiger partial charge in [0.2, 0.25) is 0 Å². The lowest BCUT2D eigenvalue weighted by Crippen LogP contribution is -2.22. The lowest BCUT2D eigenvalue weighted by atomic mass is 10.1. The number of benzene rings is 1. The molecule has 0 fully saturated rings. The third kappa shape index (κ3) is 2.37. The van der Waals surface area contributed by atoms with Crippen LogP contribution in [-0.2, 0) is 5.54 Å². The van der Waals surface area contributed by atoms with E-state index in [1.165, 1.54) is 0 Å². The number of imidazole rings is 1. The monoisotopic (exact) mass is 280 g/mol. The SMILES string of the molecule is Cc1ccc2cc(-c3ncn(C(C)(C)C)c3N)ccc2n1. The first-order valence-electron chi connectivity index (χ1n) is 7.07. The number of nitrogens with two attached hydrogens (primary N) is 1. The summed E-state index contributed by atoms with van der Waals surface area (Å²) in [5.41, 5.74) is 10.1. The van der Waals surface area contributed by atoms with E-state index in [2.05, 4.69) is 42.9 Å². The van der Waals surface area contributed by atoms with Crippen molar-refractivity contribution >= 4 is 16.7 Å². The summed E-state index contributed by atoms with van der Waals surface area (Å²) in [6.45, 7) is 8.34. The minimum absolute atomic E-state index is 0.0785. The van der Waals surface area contributed by atoms with Crippen LogP contribution in [0.1, 0.15) is 26.5 Å². The second-order valence-electron chi connectivity index (χ2n) is 6.38. The van der Waals surface area contributed by atoms with Crippen molar-refractivity contribution in [2.45, 2.75) is 33.2 Å². The van der Waals surface area contributed by atoms with E-state index in [0.29, 0.717) is 5.82 Å². The summed E-state index contributed by atoms with van der Waals surface area (Å²) >= 11 is 0. The number of aromatic nitrogens is 3. The molecule has 4 heteroatoms. The fourth-order valence-corrected chi connectivity index (χ4v) is 2.49. The second-order valence-corrected chi connectivity index (χ2v) is 6.38. The molecule has 108 valence electrons. The maximum atomic E-state index is 6.27. The van der Waals surface area contributed by atoms with Crippen LogP contribution >= 0.6 is 0 Å². The summed E-state index contributed by atoms with van der Waals surface area (Å²) < 4.78 is 2.00. The number of fused-ring (bicyclic) bond motifs is 1. The topological polar surface area (TPSA) is 56.7 Å². The van der Waals surface area contributed by atoms with Crippen molar-refractivity contribution in [3.8, 4) is 11.3 Å². The molecule has 2 aromatic heterocycles. The molecule has 0 aliphatic carbocycles. The number of anilines is 1. The van der Waals surface area contributed by atoms with Gasteiger partial charge in [0.05, 0.1) is 11.8 Å². The van der Waals surface area contributed by atoms with E-state index in [9.17, 15) is 0 Å². The van der Waals surface area contributed by atoms with E-state index in [4.69, 9.17) is 5.73 Å². The van der Waals surface area contributed by atoms with Gasteiger partial charge in [-0.1, -0.05) is 12.1 Å². The van der Waals surface area contributed by atoms with Gasteiger partial charge in [-0.05, 0) is 45.9 Å². The van der Waals surface area contributed by atoms with Gasteiger partial charge < -0.3 is 10.3 Å². The molecule has 3 aromatic rings. The molecule has 1 aromatic carbocycles. The maximum Gasteiger partial charge on any atom is 0.132 e. The number of hydrogen-bond acceptors (Lipinski definition) is 3. The van der Waals surface area contributed by atoms with Crippen LogP contribution in [0.2, 0.25) is 0 Å². The Morgan fingerprint density at radius 2 is 1.86 bits per heavy atom. The minimum atomic E-state index is -0.0785. The number of nitrogens with zero attached hydrogens (tertiary/aromatic N) is 3. The van der Waals surface area contributed by atoms with Gasteiger partial charge in [-0.15, -0.1) is 0 Å². The Morgan fingerprint density at radius 3 is 2.52 bits per heavy atom. The van der Waals surface area contributed by atoms with Gasteiger partial charge >= 0.3 is 0 Å². The van der Waals surface area contributed by atoms with Crippen molar-refractivity contribution in [1.29, 1.82) is 0 Å². The van der Waals surface area contributed by atoms with Crippen LogP contribution in [0.15, 0.2) is 36.7 Å². The van der Waals surface area contributed by atoms with Gasteiger partial charge in [-0.2, -0.15) is 0 Å². The van der Waals surface area contributed by atoms with Crippen LogP contribution in [0.25, 0.3) is 22.2 Å². The molecular weight excluding hydrogens is 260 g/mol. The van der Waals surface area contributed by atoms with Crippen molar-refractivity contribution in [1.82, 2.24) is 14.5 Å². The second kappa shape index (κ2) is 4.58. The molecule has 0 saturated carbocycles. The van der Waals surface area contributed by atoms with Crippen molar-refractivity contribution in [3.05, 3.63) is 42.4 Å². The molecule has 0 atom stereocenters. The zero-order chi connectivity index (χ0) is 15.2. The number of nitrogen functional groups attached to an aromatic ring is 1. The Hall–Kier alpha value is -2.36. The highest BCUT2D eigenvalue weighted by Crippen LogP contribution is 2.30. The zero-order valence-corrected chi connectivity index (χ0v) is 12.9. The van der Waals surface area contributed by atoms with Gasteiger partial charge in [0.1, 0.15) is 11.5 Å². The van der Waals surface area contributed by atoms with Gasteiger partial charge in [0, 0.05) is 22.2 Å². The summed E-state index contributed by atoms with van der Waals surface area (Å²) in [4.78, 5) is 9.01. The van der Waals surface area contributed by atoms with Gasteiger partial charge in [-0.25, -0.2) is 4.98 Å². The van der Waals surface area contributed by atoms with Crippen LogP contribution in [0.3, 0.4) is 0 Å². The molecule has 0 aliphatic rings. The lowest BCUT2D eigenvalue weighted by molar-refractivity contribution is 0.402. The van der Waals surface area contributed by atoms with Gasteiger partial charge in [-0.3, -0.25) is 4.98 Å². The Kier molecular flexibility index (Phi) is 2.97. The average Bonchev–Trinajstić information content (AvgIpc) is 2.80. The van der Waals surface area contributed by atoms with Crippen LogP contribution in [0, 0.1) is 6.92 Å². The Morgan fingerprint density at radius 1 is 1.10 bits per heavy atom. The van der Waals surface area contributed by atoms with Crippen LogP contribution < -0.4 is 5.73 Å². The summed E-state index contributed by atoms with van der Waals surface area (Å²) in [6, 6.07) is 10.2. The largest absolute Gasteiger partial charge is 0.383 e. The van der Waals surface area contributed by atoms with E-state index in [-0.39, 0.29) is 5.54 Å². The third-order valence-electron chi connectivity index (χ3n) is 3.63. The number of rotatable bonds is 1. The maximum absolute atomic E-state index is 6.27. The first-order chi connectivity index (χ1) is 9.86. The number of aryl methyl sites for hydroxylation is 1. The van der Waals surface area contributed by atoms with E-state index >= 15 is 0 Å². The van der Waals surface area contributed by atoms with E-state index in [0.717, 1.165) is 27.9 Å². The van der Waals surface area contributed by atoms with Gasteiger partial charge in [0.25, 0.3) is 0 Å². The molecule has 3 rings (SSSR count). The van der Waals surface area contributed by atoms with E-state index < -0.39 is 0 Å². The zero-order valence-electron chi connectivity index (χ0n) is 12.9. The van der Waals surface area contributed by atoms with Crippen molar-refractivity contribution in [2.24, 2.45) is 0 Å². The van der Waals surface area contributed by atoms with Crippen molar-refractivity contribution in [2.75, 3.05) is 5.73 Å². The first kappa shape index (κ1) is 13.6. The molecule has 0 saturated heterocycles. The normalized spacial score (nSPS) is 12.0.